The molecular weight excluding hydrogens is 428 g/mol. The summed E-state index contributed by atoms with van der Waals surface area (Å²) >= 11 is 4.27. The summed E-state index contributed by atoms with van der Waals surface area (Å²) in [7, 11) is -5.64. The Hall–Kier alpha value is -1.09. The van der Waals surface area contributed by atoms with E-state index in [1.54, 1.807) is 0 Å². The van der Waals surface area contributed by atoms with Gasteiger partial charge in [-0.1, -0.05) is 11.8 Å². The predicted molar refractivity (Wildman–Crippen MR) is 84.6 cm³/mol. The highest BCUT2D eigenvalue weighted by molar-refractivity contribution is 8.07. The average molecular weight is 440 g/mol. The Balaban J connectivity index is 1.75. The lowest BCUT2D eigenvalue weighted by molar-refractivity contribution is -0.338. The highest BCUT2D eigenvalue weighted by Gasteiger charge is 2.44. The second kappa shape index (κ2) is 7.39. The van der Waals surface area contributed by atoms with Gasteiger partial charge in [0.25, 0.3) is 0 Å². The molecule has 0 aliphatic carbocycles. The Morgan fingerprint density at radius 2 is 2.00 bits per heavy atom. The van der Waals surface area contributed by atoms with E-state index in [1.165, 1.54) is 17.2 Å². The standard InChI is InChI=1S/C10H15N5O9P2S/c11-8-5-9(13-2-12-8)15(3-14-5)10-7(17)6(16)4(23-10)1-22-26(21,27)24-25(18,19)20/h2-4,6-7,10,16-17H,1H2,(H,21,27)(H2,11,12,13)(H2,18,19,20)/p-3/t4-,6-,7-,10-,26?/m1/s1. The molecule has 14 nitrogen and oxygen atoms in total. The molecule has 3 heterocycles. The number of nitrogen functional groups attached to an aromatic ring is 1. The number of nitrogens with zero attached hydrogens (tertiary/aromatic N) is 4. The molecule has 1 aliphatic heterocycles. The van der Waals surface area contributed by atoms with Gasteiger partial charge in [-0.05, 0) is 0 Å². The predicted octanol–water partition coefficient (Wildman–Crippen LogP) is -3.53. The molecule has 0 radical (unpaired) electrons. The van der Waals surface area contributed by atoms with Gasteiger partial charge in [0.1, 0.15) is 36.9 Å². The Kier molecular flexibility index (Phi) is 5.65. The molecule has 0 amide bonds. The van der Waals surface area contributed by atoms with Gasteiger partial charge in [0.2, 0.25) is 0 Å². The van der Waals surface area contributed by atoms with Gasteiger partial charge in [-0.3, -0.25) is 4.57 Å². The number of rotatable bonds is 6. The second-order valence-corrected chi connectivity index (χ2v) is 9.44. The van der Waals surface area contributed by atoms with E-state index in [9.17, 15) is 29.5 Å². The first-order chi connectivity index (χ1) is 12.5. The number of hydrogen-bond acceptors (Lipinski definition) is 14. The number of nitrogens with two attached hydrogens (primary N) is 1. The fraction of sp³-hybridized carbons (Fsp3) is 0.500. The van der Waals surface area contributed by atoms with E-state index in [2.05, 4.69) is 35.6 Å². The SMILES string of the molecule is Nc1ncnc2c1ncn2[C@@H]1O[C@H](COP([O-])(=S)OP(=O)([O-])[O-])[C@@H](O)[C@H]1O. The molecule has 17 heteroatoms. The van der Waals surface area contributed by atoms with Gasteiger partial charge in [-0.15, -0.1) is 0 Å². The van der Waals surface area contributed by atoms with Gasteiger partial charge in [0, 0.05) is 0 Å². The van der Waals surface area contributed by atoms with Gasteiger partial charge >= 0.3 is 0 Å². The lowest BCUT2D eigenvalue weighted by Crippen LogP contribution is -2.34. The first-order valence-corrected chi connectivity index (χ1v) is 11.1. The van der Waals surface area contributed by atoms with E-state index in [0.717, 1.165) is 0 Å². The summed E-state index contributed by atoms with van der Waals surface area (Å²) in [5, 5.41) is 20.3. The number of anilines is 1. The lowest BCUT2D eigenvalue weighted by atomic mass is 10.1. The van der Waals surface area contributed by atoms with Crippen molar-refractivity contribution in [3.8, 4) is 0 Å². The number of imidazole rings is 1. The number of phosphoric acid groups is 1. The van der Waals surface area contributed by atoms with E-state index in [4.69, 9.17) is 10.5 Å². The van der Waals surface area contributed by atoms with Crippen LogP contribution in [0.25, 0.3) is 11.2 Å². The zero-order valence-electron chi connectivity index (χ0n) is 13.1. The topological polar surface area (TPSA) is 224 Å². The summed E-state index contributed by atoms with van der Waals surface area (Å²) in [6.45, 7) is -5.40. The van der Waals surface area contributed by atoms with Crippen molar-refractivity contribution in [1.29, 1.82) is 0 Å². The molecule has 1 unspecified atom stereocenters. The average Bonchev–Trinajstić information content (AvgIpc) is 3.07. The van der Waals surface area contributed by atoms with Gasteiger partial charge in [0.15, 0.2) is 17.7 Å². The van der Waals surface area contributed by atoms with Gasteiger partial charge in [-0.2, -0.15) is 0 Å². The Morgan fingerprint density at radius 3 is 2.67 bits per heavy atom. The van der Waals surface area contributed by atoms with Crippen LogP contribution >= 0.6 is 14.5 Å². The molecular formula is C10H12N5O9P2S-3. The van der Waals surface area contributed by atoms with Crippen LogP contribution in [-0.2, 0) is 29.9 Å². The van der Waals surface area contributed by atoms with Crippen molar-refractivity contribution in [3.05, 3.63) is 12.7 Å². The first-order valence-electron chi connectivity index (χ1n) is 7.12. The third-order valence-electron chi connectivity index (χ3n) is 3.60. The Morgan fingerprint density at radius 1 is 1.30 bits per heavy atom. The van der Waals surface area contributed by atoms with Crippen LogP contribution in [0.2, 0.25) is 0 Å². The maximum atomic E-state index is 11.6. The molecule has 27 heavy (non-hydrogen) atoms. The van der Waals surface area contributed by atoms with E-state index in [1.807, 2.05) is 0 Å². The monoisotopic (exact) mass is 440 g/mol. The number of aliphatic hydroxyl groups is 2. The van der Waals surface area contributed by atoms with Crippen molar-refractivity contribution in [3.63, 3.8) is 0 Å². The third-order valence-corrected chi connectivity index (χ3v) is 6.58. The molecule has 2 aromatic rings. The largest absolute Gasteiger partial charge is 0.790 e. The number of aliphatic hydroxyl groups excluding tert-OH is 2. The smallest absolute Gasteiger partial charge is 0.167 e. The van der Waals surface area contributed by atoms with Crippen LogP contribution in [0.1, 0.15) is 6.23 Å². The summed E-state index contributed by atoms with van der Waals surface area (Å²) < 4.78 is 25.5. The highest BCUT2D eigenvalue weighted by atomic mass is 32.5. The molecule has 2 aromatic heterocycles. The molecule has 4 N–H and O–H groups in total. The quantitative estimate of drug-likeness (QED) is 0.370. The molecule has 0 spiro atoms. The Bertz CT molecular complexity index is 937. The van der Waals surface area contributed by atoms with Crippen molar-refractivity contribution in [1.82, 2.24) is 19.5 Å². The molecule has 150 valence electrons. The normalized spacial score (nSPS) is 28.5. The van der Waals surface area contributed by atoms with Crippen LogP contribution in [0.5, 0.6) is 0 Å². The minimum Gasteiger partial charge on any atom is -0.790 e. The molecule has 1 saturated heterocycles. The van der Waals surface area contributed by atoms with Gasteiger partial charge in [-0.25, -0.2) is 15.0 Å². The van der Waals surface area contributed by atoms with E-state index in [-0.39, 0.29) is 17.0 Å². The van der Waals surface area contributed by atoms with Gasteiger partial charge in [0.05, 0.1) is 20.8 Å². The summed E-state index contributed by atoms with van der Waals surface area (Å²) in [6.07, 6.45) is -3.05. The van der Waals surface area contributed by atoms with Crippen molar-refractivity contribution in [2.45, 2.75) is 24.5 Å². The number of fused-ring (bicyclic) bond motifs is 1. The molecule has 5 atom stereocenters. The maximum Gasteiger partial charge on any atom is 0.167 e. The molecule has 3 rings (SSSR count). The molecule has 0 bridgehead atoms. The van der Waals surface area contributed by atoms with Crippen LogP contribution in [-0.4, -0.2) is 54.7 Å². The highest BCUT2D eigenvalue weighted by Crippen LogP contribution is 2.51. The van der Waals surface area contributed by atoms with E-state index >= 15 is 0 Å². The molecule has 0 aromatic carbocycles. The zero-order valence-corrected chi connectivity index (χ0v) is 15.7. The Labute approximate surface area is 156 Å². The summed E-state index contributed by atoms with van der Waals surface area (Å²) in [5.41, 5.74) is 6.14. The van der Waals surface area contributed by atoms with E-state index in [0.29, 0.717) is 0 Å². The van der Waals surface area contributed by atoms with Crippen LogP contribution in [0.15, 0.2) is 12.7 Å². The number of aromatic nitrogens is 4. The summed E-state index contributed by atoms with van der Waals surface area (Å²) in [6, 6.07) is 0. The van der Waals surface area contributed by atoms with Crippen LogP contribution < -0.4 is 20.4 Å². The van der Waals surface area contributed by atoms with Crippen LogP contribution in [0, 0.1) is 0 Å². The zero-order chi connectivity index (χ0) is 20.0. The van der Waals surface area contributed by atoms with Crippen molar-refractivity contribution >= 4 is 43.3 Å². The third kappa shape index (κ3) is 4.50. The fourth-order valence-electron chi connectivity index (χ4n) is 2.46. The minimum atomic E-state index is -5.64. The molecule has 1 fully saturated rings. The van der Waals surface area contributed by atoms with Crippen LogP contribution in [0.4, 0.5) is 5.82 Å². The number of ether oxygens (including phenoxy) is 1. The van der Waals surface area contributed by atoms with E-state index < -0.39 is 45.7 Å². The fourth-order valence-corrected chi connectivity index (χ4v) is 4.88. The summed E-state index contributed by atoms with van der Waals surface area (Å²) in [4.78, 5) is 44.4. The molecule has 0 saturated carbocycles. The molecule has 1 aliphatic rings. The number of hydrogen-bond donors (Lipinski definition) is 3. The van der Waals surface area contributed by atoms with Crippen molar-refractivity contribution < 1.29 is 43.0 Å². The first kappa shape index (κ1) is 20.6. The summed E-state index contributed by atoms with van der Waals surface area (Å²) in [5.74, 6) is 0.0931. The minimum absolute atomic E-state index is 0.0931. The maximum absolute atomic E-state index is 11.6. The van der Waals surface area contributed by atoms with Crippen molar-refractivity contribution in [2.75, 3.05) is 12.3 Å². The van der Waals surface area contributed by atoms with Crippen LogP contribution in [0.3, 0.4) is 0 Å². The lowest BCUT2D eigenvalue weighted by Gasteiger charge is -2.38. The van der Waals surface area contributed by atoms with Gasteiger partial charge < -0.3 is 48.8 Å². The second-order valence-electron chi connectivity index (χ2n) is 5.40. The van der Waals surface area contributed by atoms with Crippen molar-refractivity contribution in [2.24, 2.45) is 0 Å².